The van der Waals surface area contributed by atoms with Gasteiger partial charge < -0.3 is 21.3 Å². The molecule has 0 aromatic heterocycles. The van der Waals surface area contributed by atoms with Crippen LogP contribution in [0.4, 0.5) is 0 Å². The maximum Gasteiger partial charge on any atom is 0.192 e. The monoisotopic (exact) mass is 410 g/mol. The Hall–Kier alpha value is -3.16. The zero-order valence-corrected chi connectivity index (χ0v) is 17.9. The molecule has 0 aromatic rings. The first-order valence-corrected chi connectivity index (χ1v) is 9.88. The molecule has 4 rings (SSSR count). The summed E-state index contributed by atoms with van der Waals surface area (Å²) in [6.45, 7) is 10.1. The van der Waals surface area contributed by atoms with Gasteiger partial charge in [-0.25, -0.2) is 0 Å². The third-order valence-corrected chi connectivity index (χ3v) is 6.80. The van der Waals surface area contributed by atoms with Crippen LogP contribution in [0.5, 0.6) is 0 Å². The minimum atomic E-state index is -1.34. The lowest BCUT2D eigenvalue weighted by Gasteiger charge is -2.30. The largest absolute Gasteiger partial charge is 0.378 e. The highest BCUT2D eigenvalue weighted by Gasteiger charge is 2.58. The molecule has 4 aliphatic heterocycles. The Balaban J connectivity index is 1.62. The van der Waals surface area contributed by atoms with E-state index in [1.165, 1.54) is 12.4 Å². The summed E-state index contributed by atoms with van der Waals surface area (Å²) in [4.78, 5) is 52.3. The second-order valence-corrected chi connectivity index (χ2v) is 9.40. The van der Waals surface area contributed by atoms with Gasteiger partial charge in [0.25, 0.3) is 0 Å². The van der Waals surface area contributed by atoms with Crippen molar-refractivity contribution in [3.63, 3.8) is 0 Å². The Morgan fingerprint density at radius 2 is 0.900 bits per heavy atom. The molecule has 4 heterocycles. The maximum absolute atomic E-state index is 13.5. The predicted octanol–water partition coefficient (Wildman–Crippen LogP) is 0.286. The van der Waals surface area contributed by atoms with Crippen molar-refractivity contribution >= 4 is 23.1 Å². The standard InChI is InChI=1S/C22H26N4O4/c1-11-7-24-20(4,15(11)27)13-9-26-22(6,17(13)29)14-10-25-21(5,18(14)30)12-8-23-19(2,3)16(12)28/h7-10,23-26H,1-6H3/t20-,21-,22+/m1/s1. The van der Waals surface area contributed by atoms with Crippen molar-refractivity contribution in [2.75, 3.05) is 0 Å². The molecule has 0 fully saturated rings. The van der Waals surface area contributed by atoms with Crippen LogP contribution in [-0.4, -0.2) is 45.3 Å². The van der Waals surface area contributed by atoms with Crippen LogP contribution in [0.3, 0.4) is 0 Å². The lowest BCUT2D eigenvalue weighted by Crippen LogP contribution is -2.54. The number of nitrogens with one attached hydrogen (secondary N) is 4. The predicted molar refractivity (Wildman–Crippen MR) is 110 cm³/mol. The van der Waals surface area contributed by atoms with E-state index in [0.29, 0.717) is 11.1 Å². The van der Waals surface area contributed by atoms with Crippen molar-refractivity contribution < 1.29 is 19.2 Å². The summed E-state index contributed by atoms with van der Waals surface area (Å²) in [5, 5.41) is 12.1. The molecule has 158 valence electrons. The lowest BCUT2D eigenvalue weighted by atomic mass is 9.75. The molecule has 0 bridgehead atoms. The number of rotatable bonds is 3. The molecule has 4 aliphatic rings. The summed E-state index contributed by atoms with van der Waals surface area (Å²) in [6, 6.07) is 0. The Kier molecular flexibility index (Phi) is 3.83. The summed E-state index contributed by atoms with van der Waals surface area (Å²) >= 11 is 0. The van der Waals surface area contributed by atoms with E-state index >= 15 is 0 Å². The number of hydrogen-bond acceptors (Lipinski definition) is 8. The van der Waals surface area contributed by atoms with E-state index < -0.39 is 22.2 Å². The van der Waals surface area contributed by atoms with E-state index in [9.17, 15) is 19.2 Å². The van der Waals surface area contributed by atoms with Crippen LogP contribution in [-0.2, 0) is 19.2 Å². The first-order chi connectivity index (χ1) is 13.8. The van der Waals surface area contributed by atoms with E-state index in [2.05, 4.69) is 21.3 Å². The normalized spacial score (nSPS) is 37.1. The van der Waals surface area contributed by atoms with Crippen LogP contribution in [0.1, 0.15) is 41.5 Å². The molecule has 0 aliphatic carbocycles. The van der Waals surface area contributed by atoms with E-state index in [1.807, 2.05) is 0 Å². The zero-order valence-electron chi connectivity index (χ0n) is 17.9. The molecule has 0 amide bonds. The molecule has 0 saturated carbocycles. The van der Waals surface area contributed by atoms with Crippen LogP contribution in [0.2, 0.25) is 0 Å². The highest BCUT2D eigenvalue weighted by Crippen LogP contribution is 2.40. The van der Waals surface area contributed by atoms with Crippen molar-refractivity contribution in [1.29, 1.82) is 0 Å². The highest BCUT2D eigenvalue weighted by molar-refractivity contribution is 6.24. The molecule has 0 aromatic carbocycles. The smallest absolute Gasteiger partial charge is 0.192 e. The minimum absolute atomic E-state index is 0.176. The van der Waals surface area contributed by atoms with E-state index in [1.54, 1.807) is 53.9 Å². The molecule has 30 heavy (non-hydrogen) atoms. The zero-order chi connectivity index (χ0) is 22.3. The lowest BCUT2D eigenvalue weighted by molar-refractivity contribution is -0.126. The topological polar surface area (TPSA) is 116 Å². The molecule has 8 nitrogen and oxygen atoms in total. The second kappa shape index (κ2) is 5.71. The van der Waals surface area contributed by atoms with Crippen molar-refractivity contribution in [3.8, 4) is 0 Å². The molecule has 8 heteroatoms. The van der Waals surface area contributed by atoms with Crippen molar-refractivity contribution in [2.24, 2.45) is 0 Å². The number of hydrogen-bond donors (Lipinski definition) is 4. The summed E-state index contributed by atoms with van der Waals surface area (Å²) in [7, 11) is 0. The van der Waals surface area contributed by atoms with Crippen LogP contribution in [0.15, 0.2) is 47.1 Å². The van der Waals surface area contributed by atoms with Gasteiger partial charge in [0, 0.05) is 47.1 Å². The maximum atomic E-state index is 13.5. The number of ketones is 4. The molecule has 0 spiro atoms. The van der Waals surface area contributed by atoms with Crippen LogP contribution in [0.25, 0.3) is 0 Å². The van der Waals surface area contributed by atoms with E-state index in [0.717, 1.165) is 0 Å². The molecule has 0 radical (unpaired) electrons. The first-order valence-electron chi connectivity index (χ1n) is 9.88. The Bertz CT molecular complexity index is 1060. The fourth-order valence-corrected chi connectivity index (χ4v) is 4.45. The van der Waals surface area contributed by atoms with E-state index in [4.69, 9.17) is 0 Å². The SMILES string of the molecule is CC1=CN[C@](C)(C2=CN[C@@](C)(C3=CN[C@](C)(C4=CNC(C)(C)C4=O)C3=O)C2=O)C1=O. The van der Waals surface area contributed by atoms with Gasteiger partial charge in [0.1, 0.15) is 16.6 Å². The molecular formula is C22H26N4O4. The van der Waals surface area contributed by atoms with Crippen molar-refractivity contribution in [1.82, 2.24) is 21.3 Å². The average Bonchev–Trinajstić information content (AvgIpc) is 3.33. The van der Waals surface area contributed by atoms with E-state index in [-0.39, 0.29) is 34.3 Å². The highest BCUT2D eigenvalue weighted by atomic mass is 16.2. The fourth-order valence-electron chi connectivity index (χ4n) is 4.45. The van der Waals surface area contributed by atoms with Crippen LogP contribution in [0, 0.1) is 0 Å². The fraction of sp³-hybridized carbons (Fsp3) is 0.455. The van der Waals surface area contributed by atoms with Gasteiger partial charge in [-0.1, -0.05) is 0 Å². The molecule has 4 N–H and O–H groups in total. The Morgan fingerprint density at radius 3 is 1.27 bits per heavy atom. The number of carbonyl (C=O) groups excluding carboxylic acids is 4. The van der Waals surface area contributed by atoms with Crippen molar-refractivity contribution in [3.05, 3.63) is 47.1 Å². The molecule has 3 atom stereocenters. The van der Waals surface area contributed by atoms with Gasteiger partial charge in [0.2, 0.25) is 0 Å². The summed E-state index contributed by atoms with van der Waals surface area (Å²) < 4.78 is 0. The average molecular weight is 410 g/mol. The van der Waals surface area contributed by atoms with Gasteiger partial charge in [-0.15, -0.1) is 0 Å². The summed E-state index contributed by atoms with van der Waals surface area (Å²) in [6.07, 6.45) is 6.17. The number of carbonyl (C=O) groups is 4. The molecule has 0 saturated heterocycles. The third kappa shape index (κ3) is 2.27. The van der Waals surface area contributed by atoms with Crippen LogP contribution < -0.4 is 21.3 Å². The van der Waals surface area contributed by atoms with Gasteiger partial charge in [0.15, 0.2) is 23.1 Å². The molecule has 0 unspecified atom stereocenters. The number of Topliss-reactive ketones (excluding diaryl/α,β-unsaturated/α-hetero) is 4. The minimum Gasteiger partial charge on any atom is -0.378 e. The Labute approximate surface area is 174 Å². The summed E-state index contributed by atoms with van der Waals surface area (Å²) in [5.74, 6) is -1.07. The van der Waals surface area contributed by atoms with Gasteiger partial charge >= 0.3 is 0 Å². The summed E-state index contributed by atoms with van der Waals surface area (Å²) in [5.41, 5.74) is -3.24. The van der Waals surface area contributed by atoms with Gasteiger partial charge in [-0.05, 0) is 41.5 Å². The third-order valence-electron chi connectivity index (χ3n) is 6.80. The Morgan fingerprint density at radius 1 is 0.533 bits per heavy atom. The van der Waals surface area contributed by atoms with Gasteiger partial charge in [0.05, 0.1) is 5.54 Å². The quantitative estimate of drug-likeness (QED) is 0.525. The van der Waals surface area contributed by atoms with Crippen LogP contribution >= 0.6 is 0 Å². The van der Waals surface area contributed by atoms with Crippen molar-refractivity contribution in [2.45, 2.75) is 63.7 Å². The van der Waals surface area contributed by atoms with Gasteiger partial charge in [-0.2, -0.15) is 0 Å². The van der Waals surface area contributed by atoms with Gasteiger partial charge in [-0.3, -0.25) is 19.2 Å². The first kappa shape index (κ1) is 20.1. The second-order valence-electron chi connectivity index (χ2n) is 9.40. The molecular weight excluding hydrogens is 384 g/mol.